The normalized spacial score (nSPS) is 11.6. The lowest BCUT2D eigenvalue weighted by atomic mass is 10.2. The lowest BCUT2D eigenvalue weighted by molar-refractivity contribution is 0.311. The summed E-state index contributed by atoms with van der Waals surface area (Å²) in [6, 6.07) is 7.18. The number of aromatic nitrogens is 3. The topological polar surface area (TPSA) is 74.1 Å². The van der Waals surface area contributed by atoms with Crippen LogP contribution in [0.15, 0.2) is 36.7 Å². The summed E-state index contributed by atoms with van der Waals surface area (Å²) in [4.78, 5) is 1.42. The van der Waals surface area contributed by atoms with E-state index in [1.54, 1.807) is 30.6 Å². The predicted molar refractivity (Wildman–Crippen MR) is 61.0 cm³/mol. The second-order valence-electron chi connectivity index (χ2n) is 3.41. The summed E-state index contributed by atoms with van der Waals surface area (Å²) in [5.41, 5.74) is 1.40. The maximum atomic E-state index is 10.9. The van der Waals surface area contributed by atoms with Crippen LogP contribution in [0.3, 0.4) is 0 Å². The van der Waals surface area contributed by atoms with E-state index in [4.69, 9.17) is 4.18 Å². The first kappa shape index (κ1) is 11.7. The Kier molecular flexibility index (Phi) is 3.21. The van der Waals surface area contributed by atoms with Gasteiger partial charge in [-0.2, -0.15) is 23.4 Å². The van der Waals surface area contributed by atoms with Crippen LogP contribution >= 0.6 is 0 Å². The minimum Gasteiger partial charge on any atom is -0.265 e. The Bertz CT molecular complexity index is 593. The summed E-state index contributed by atoms with van der Waals surface area (Å²) in [5, 5.41) is 7.98. The molecule has 1 heterocycles. The van der Waals surface area contributed by atoms with E-state index in [0.29, 0.717) is 11.3 Å². The SMILES string of the molecule is CS(=O)(=O)OCc1ccccc1-n1nccn1. The van der Waals surface area contributed by atoms with Gasteiger partial charge in [0, 0.05) is 5.56 Å². The van der Waals surface area contributed by atoms with Gasteiger partial charge in [0.1, 0.15) is 0 Å². The molecular weight excluding hydrogens is 242 g/mol. The van der Waals surface area contributed by atoms with Crippen molar-refractivity contribution in [1.82, 2.24) is 15.0 Å². The number of para-hydroxylation sites is 1. The lowest BCUT2D eigenvalue weighted by Crippen LogP contribution is -2.07. The molecule has 0 aliphatic heterocycles. The van der Waals surface area contributed by atoms with Crippen molar-refractivity contribution in [1.29, 1.82) is 0 Å². The molecule has 0 unspecified atom stereocenters. The van der Waals surface area contributed by atoms with Crippen molar-refractivity contribution in [3.05, 3.63) is 42.2 Å². The van der Waals surface area contributed by atoms with Gasteiger partial charge in [-0.05, 0) is 6.07 Å². The summed E-state index contributed by atoms with van der Waals surface area (Å²) >= 11 is 0. The van der Waals surface area contributed by atoms with Gasteiger partial charge in [0.2, 0.25) is 0 Å². The molecule has 0 amide bonds. The van der Waals surface area contributed by atoms with Crippen LogP contribution in [-0.4, -0.2) is 29.7 Å². The zero-order valence-corrected chi connectivity index (χ0v) is 9.96. The Hall–Kier alpha value is -1.73. The Morgan fingerprint density at radius 2 is 1.88 bits per heavy atom. The Balaban J connectivity index is 2.29. The van der Waals surface area contributed by atoms with Crippen LogP contribution < -0.4 is 0 Å². The number of rotatable bonds is 4. The molecule has 0 bridgehead atoms. The molecule has 17 heavy (non-hydrogen) atoms. The average Bonchev–Trinajstić information content (AvgIpc) is 2.79. The van der Waals surface area contributed by atoms with Gasteiger partial charge in [-0.3, -0.25) is 4.18 Å². The lowest BCUT2D eigenvalue weighted by Gasteiger charge is -2.07. The van der Waals surface area contributed by atoms with E-state index >= 15 is 0 Å². The highest BCUT2D eigenvalue weighted by Gasteiger charge is 2.08. The van der Waals surface area contributed by atoms with E-state index in [-0.39, 0.29) is 6.61 Å². The number of hydrogen-bond donors (Lipinski definition) is 0. The van der Waals surface area contributed by atoms with Crippen LogP contribution in [0.25, 0.3) is 5.69 Å². The molecular formula is C10H11N3O3S. The molecule has 0 aliphatic rings. The van der Waals surface area contributed by atoms with Gasteiger partial charge in [0.15, 0.2) is 0 Å². The number of benzene rings is 1. The fourth-order valence-electron chi connectivity index (χ4n) is 1.34. The maximum Gasteiger partial charge on any atom is 0.264 e. The monoisotopic (exact) mass is 253 g/mol. The molecule has 0 saturated heterocycles. The molecule has 90 valence electrons. The van der Waals surface area contributed by atoms with Crippen molar-refractivity contribution in [2.45, 2.75) is 6.61 Å². The largest absolute Gasteiger partial charge is 0.265 e. The third-order valence-corrected chi connectivity index (χ3v) is 2.60. The number of nitrogens with zero attached hydrogens (tertiary/aromatic N) is 3. The van der Waals surface area contributed by atoms with Crippen LogP contribution in [-0.2, 0) is 20.9 Å². The van der Waals surface area contributed by atoms with Gasteiger partial charge in [-0.25, -0.2) is 0 Å². The zero-order chi connectivity index (χ0) is 12.3. The summed E-state index contributed by atoms with van der Waals surface area (Å²) in [6.45, 7) is -0.0312. The van der Waals surface area contributed by atoms with E-state index in [9.17, 15) is 8.42 Å². The molecule has 0 fully saturated rings. The molecule has 0 spiro atoms. The maximum absolute atomic E-state index is 10.9. The van der Waals surface area contributed by atoms with Gasteiger partial charge < -0.3 is 0 Å². The van der Waals surface area contributed by atoms with Crippen LogP contribution in [0.1, 0.15) is 5.56 Å². The molecule has 7 heteroatoms. The third kappa shape index (κ3) is 3.11. The molecule has 6 nitrogen and oxygen atoms in total. The Morgan fingerprint density at radius 1 is 1.24 bits per heavy atom. The van der Waals surface area contributed by atoms with Crippen molar-refractivity contribution in [3.8, 4) is 5.69 Å². The Labute approximate surface area is 99.0 Å². The van der Waals surface area contributed by atoms with Gasteiger partial charge in [-0.1, -0.05) is 18.2 Å². The minimum absolute atomic E-state index is 0.0312. The number of hydrogen-bond acceptors (Lipinski definition) is 5. The quantitative estimate of drug-likeness (QED) is 0.751. The highest BCUT2D eigenvalue weighted by atomic mass is 32.2. The van der Waals surface area contributed by atoms with Gasteiger partial charge in [-0.15, -0.1) is 0 Å². The first-order chi connectivity index (χ1) is 8.06. The van der Waals surface area contributed by atoms with Crippen LogP contribution in [0.4, 0.5) is 0 Å². The predicted octanol–water partition coefficient (Wildman–Crippen LogP) is 0.744. The first-order valence-corrected chi connectivity index (χ1v) is 6.67. The third-order valence-electron chi connectivity index (χ3n) is 2.05. The van der Waals surface area contributed by atoms with E-state index in [1.807, 2.05) is 6.07 Å². The van der Waals surface area contributed by atoms with Crippen LogP contribution in [0, 0.1) is 0 Å². The molecule has 0 saturated carbocycles. The molecule has 0 atom stereocenters. The second-order valence-corrected chi connectivity index (χ2v) is 5.06. The van der Waals surface area contributed by atoms with E-state index in [0.717, 1.165) is 6.26 Å². The first-order valence-electron chi connectivity index (χ1n) is 4.85. The molecule has 0 N–H and O–H groups in total. The highest BCUT2D eigenvalue weighted by Crippen LogP contribution is 2.14. The Morgan fingerprint density at radius 3 is 2.53 bits per heavy atom. The second kappa shape index (κ2) is 4.64. The fraction of sp³-hybridized carbons (Fsp3) is 0.200. The van der Waals surface area contributed by atoms with Crippen LogP contribution in [0.5, 0.6) is 0 Å². The van der Waals surface area contributed by atoms with Crippen molar-refractivity contribution in [2.75, 3.05) is 6.26 Å². The minimum atomic E-state index is -3.46. The van der Waals surface area contributed by atoms with Gasteiger partial charge >= 0.3 is 0 Å². The average molecular weight is 253 g/mol. The zero-order valence-electron chi connectivity index (χ0n) is 9.15. The van der Waals surface area contributed by atoms with E-state index in [2.05, 4.69) is 10.2 Å². The molecule has 1 aromatic carbocycles. The summed E-state index contributed by atoms with van der Waals surface area (Å²) in [6.07, 6.45) is 4.12. The molecule has 0 radical (unpaired) electrons. The van der Waals surface area contributed by atoms with Crippen molar-refractivity contribution < 1.29 is 12.6 Å². The van der Waals surface area contributed by atoms with Crippen LogP contribution in [0.2, 0.25) is 0 Å². The van der Waals surface area contributed by atoms with Crippen molar-refractivity contribution in [2.24, 2.45) is 0 Å². The highest BCUT2D eigenvalue weighted by molar-refractivity contribution is 7.85. The van der Waals surface area contributed by atoms with E-state index in [1.165, 1.54) is 4.80 Å². The molecule has 2 rings (SSSR count). The smallest absolute Gasteiger partial charge is 0.264 e. The fourth-order valence-corrected chi connectivity index (χ4v) is 1.68. The van der Waals surface area contributed by atoms with Crippen molar-refractivity contribution >= 4 is 10.1 Å². The summed E-state index contributed by atoms with van der Waals surface area (Å²) in [5.74, 6) is 0. The molecule has 2 aromatic rings. The van der Waals surface area contributed by atoms with Gasteiger partial charge in [0.25, 0.3) is 10.1 Å². The van der Waals surface area contributed by atoms with Gasteiger partial charge in [0.05, 0.1) is 30.9 Å². The molecule has 0 aliphatic carbocycles. The van der Waals surface area contributed by atoms with Crippen molar-refractivity contribution in [3.63, 3.8) is 0 Å². The standard InChI is InChI=1S/C10H11N3O3S/c1-17(14,15)16-8-9-4-2-3-5-10(9)13-11-6-7-12-13/h2-7H,8H2,1H3. The van der Waals surface area contributed by atoms with E-state index < -0.39 is 10.1 Å². The summed E-state index contributed by atoms with van der Waals surface area (Å²) < 4.78 is 26.6. The molecule has 1 aromatic heterocycles. The summed E-state index contributed by atoms with van der Waals surface area (Å²) in [7, 11) is -3.46.